The SMILES string of the molecule is CC1(C)CNC(C(=O)OCc2ccccc2)C1. The van der Waals surface area contributed by atoms with Gasteiger partial charge in [-0.2, -0.15) is 0 Å². The molecule has 1 aliphatic rings. The van der Waals surface area contributed by atoms with Gasteiger partial charge in [0, 0.05) is 6.54 Å². The summed E-state index contributed by atoms with van der Waals surface area (Å²) in [6.45, 7) is 5.55. The molecule has 1 atom stereocenters. The van der Waals surface area contributed by atoms with Gasteiger partial charge < -0.3 is 10.1 Å². The van der Waals surface area contributed by atoms with E-state index >= 15 is 0 Å². The van der Waals surface area contributed by atoms with Crippen LogP contribution >= 0.6 is 0 Å². The molecular formula is C14H19NO2. The molecule has 3 nitrogen and oxygen atoms in total. The maximum atomic E-state index is 11.8. The highest BCUT2D eigenvalue weighted by atomic mass is 16.5. The third-order valence-corrected chi connectivity index (χ3v) is 3.09. The molecule has 1 aromatic rings. The minimum atomic E-state index is -0.145. The molecule has 1 saturated heterocycles. The van der Waals surface area contributed by atoms with Gasteiger partial charge in [0.05, 0.1) is 0 Å². The van der Waals surface area contributed by atoms with Gasteiger partial charge in [-0.3, -0.25) is 4.79 Å². The van der Waals surface area contributed by atoms with Crippen LogP contribution in [0.25, 0.3) is 0 Å². The molecule has 1 heterocycles. The van der Waals surface area contributed by atoms with E-state index in [-0.39, 0.29) is 17.4 Å². The van der Waals surface area contributed by atoms with E-state index in [4.69, 9.17) is 4.74 Å². The molecule has 1 N–H and O–H groups in total. The quantitative estimate of drug-likeness (QED) is 0.813. The Morgan fingerprint density at radius 3 is 2.71 bits per heavy atom. The number of ether oxygens (including phenoxy) is 1. The van der Waals surface area contributed by atoms with Gasteiger partial charge in [-0.15, -0.1) is 0 Å². The van der Waals surface area contributed by atoms with Crippen molar-refractivity contribution in [1.29, 1.82) is 0 Å². The Bertz CT molecular complexity index is 386. The number of hydrogen-bond donors (Lipinski definition) is 1. The summed E-state index contributed by atoms with van der Waals surface area (Å²) in [5, 5.41) is 3.21. The molecule has 3 heteroatoms. The van der Waals surface area contributed by atoms with Gasteiger partial charge in [0.2, 0.25) is 0 Å². The lowest BCUT2D eigenvalue weighted by molar-refractivity contribution is -0.147. The standard InChI is InChI=1S/C14H19NO2/c1-14(2)8-12(15-10-14)13(16)17-9-11-6-4-3-5-7-11/h3-7,12,15H,8-10H2,1-2H3. The lowest BCUT2D eigenvalue weighted by Crippen LogP contribution is -2.32. The Morgan fingerprint density at radius 1 is 1.41 bits per heavy atom. The van der Waals surface area contributed by atoms with Crippen LogP contribution in [0, 0.1) is 5.41 Å². The van der Waals surface area contributed by atoms with E-state index in [0.717, 1.165) is 18.5 Å². The van der Waals surface area contributed by atoms with Crippen LogP contribution in [-0.2, 0) is 16.1 Å². The largest absolute Gasteiger partial charge is 0.460 e. The highest BCUT2D eigenvalue weighted by Gasteiger charge is 2.35. The predicted octanol–water partition coefficient (Wildman–Crippen LogP) is 2.12. The molecule has 1 aliphatic heterocycles. The van der Waals surface area contributed by atoms with Crippen molar-refractivity contribution in [2.75, 3.05) is 6.54 Å². The van der Waals surface area contributed by atoms with Crippen molar-refractivity contribution in [3.63, 3.8) is 0 Å². The third-order valence-electron chi connectivity index (χ3n) is 3.09. The summed E-state index contributed by atoms with van der Waals surface area (Å²) in [5.41, 5.74) is 1.22. The van der Waals surface area contributed by atoms with Crippen molar-refractivity contribution < 1.29 is 9.53 Å². The van der Waals surface area contributed by atoms with Crippen LogP contribution in [-0.4, -0.2) is 18.6 Å². The molecule has 1 aromatic carbocycles. The van der Waals surface area contributed by atoms with E-state index in [0.29, 0.717) is 6.61 Å². The highest BCUT2D eigenvalue weighted by molar-refractivity contribution is 5.76. The number of esters is 1. The van der Waals surface area contributed by atoms with Crippen molar-refractivity contribution in [3.8, 4) is 0 Å². The van der Waals surface area contributed by atoms with Crippen molar-refractivity contribution in [2.24, 2.45) is 5.41 Å². The van der Waals surface area contributed by atoms with Crippen LogP contribution in [0.5, 0.6) is 0 Å². The molecule has 0 radical (unpaired) electrons. The summed E-state index contributed by atoms with van der Waals surface area (Å²) in [4.78, 5) is 11.8. The Kier molecular flexibility index (Phi) is 3.48. The van der Waals surface area contributed by atoms with Crippen LogP contribution in [0.3, 0.4) is 0 Å². The lowest BCUT2D eigenvalue weighted by Gasteiger charge is -2.14. The second-order valence-corrected chi connectivity index (χ2v) is 5.40. The van der Waals surface area contributed by atoms with Crippen LogP contribution < -0.4 is 5.32 Å². The Balaban J connectivity index is 1.83. The minimum absolute atomic E-state index is 0.139. The fourth-order valence-corrected chi connectivity index (χ4v) is 2.09. The highest BCUT2D eigenvalue weighted by Crippen LogP contribution is 2.27. The first-order valence-corrected chi connectivity index (χ1v) is 6.01. The molecule has 0 bridgehead atoms. The molecule has 2 rings (SSSR count). The molecule has 1 unspecified atom stereocenters. The van der Waals surface area contributed by atoms with Gasteiger partial charge in [0.15, 0.2) is 0 Å². The first kappa shape index (κ1) is 12.1. The molecule has 0 spiro atoms. The first-order chi connectivity index (χ1) is 8.07. The van der Waals surface area contributed by atoms with Crippen molar-refractivity contribution >= 4 is 5.97 Å². The molecule has 0 aliphatic carbocycles. The monoisotopic (exact) mass is 233 g/mol. The summed E-state index contributed by atoms with van der Waals surface area (Å²) < 4.78 is 5.30. The van der Waals surface area contributed by atoms with Gasteiger partial charge >= 0.3 is 5.97 Å². The molecule has 1 fully saturated rings. The fourth-order valence-electron chi connectivity index (χ4n) is 2.09. The van der Waals surface area contributed by atoms with E-state index in [1.807, 2.05) is 30.3 Å². The summed E-state index contributed by atoms with van der Waals surface area (Å²) in [7, 11) is 0. The maximum Gasteiger partial charge on any atom is 0.323 e. The number of hydrogen-bond acceptors (Lipinski definition) is 3. The van der Waals surface area contributed by atoms with E-state index in [1.54, 1.807) is 0 Å². The Morgan fingerprint density at radius 2 is 2.12 bits per heavy atom. The summed E-state index contributed by atoms with van der Waals surface area (Å²) >= 11 is 0. The van der Waals surface area contributed by atoms with Crippen molar-refractivity contribution in [1.82, 2.24) is 5.32 Å². The smallest absolute Gasteiger partial charge is 0.323 e. The minimum Gasteiger partial charge on any atom is -0.460 e. The summed E-state index contributed by atoms with van der Waals surface area (Å²) in [6.07, 6.45) is 0.848. The normalized spacial score (nSPS) is 22.4. The van der Waals surface area contributed by atoms with E-state index in [1.165, 1.54) is 0 Å². The molecule has 0 aromatic heterocycles. The molecule has 17 heavy (non-hydrogen) atoms. The van der Waals surface area contributed by atoms with Gasteiger partial charge in [0.1, 0.15) is 12.6 Å². The third kappa shape index (κ3) is 3.30. The summed E-state index contributed by atoms with van der Waals surface area (Å²) in [6, 6.07) is 9.61. The number of carbonyl (C=O) groups excluding carboxylic acids is 1. The van der Waals surface area contributed by atoms with Crippen molar-refractivity contribution in [3.05, 3.63) is 35.9 Å². The van der Waals surface area contributed by atoms with E-state index < -0.39 is 0 Å². The molecule has 0 amide bonds. The maximum absolute atomic E-state index is 11.8. The van der Waals surface area contributed by atoms with Gasteiger partial charge in [-0.1, -0.05) is 44.2 Å². The number of rotatable bonds is 3. The average molecular weight is 233 g/mol. The van der Waals surface area contributed by atoms with Crippen LogP contribution in [0.15, 0.2) is 30.3 Å². The van der Waals surface area contributed by atoms with Crippen LogP contribution in [0.2, 0.25) is 0 Å². The number of nitrogens with one attached hydrogen (secondary N) is 1. The van der Waals surface area contributed by atoms with Gasteiger partial charge in [-0.05, 0) is 17.4 Å². The molecule has 92 valence electrons. The number of benzene rings is 1. The second-order valence-electron chi connectivity index (χ2n) is 5.40. The van der Waals surface area contributed by atoms with E-state index in [9.17, 15) is 4.79 Å². The zero-order chi connectivity index (χ0) is 12.3. The second kappa shape index (κ2) is 4.88. The molecular weight excluding hydrogens is 214 g/mol. The Labute approximate surface area is 102 Å². The zero-order valence-corrected chi connectivity index (χ0v) is 10.4. The first-order valence-electron chi connectivity index (χ1n) is 6.01. The van der Waals surface area contributed by atoms with Gasteiger partial charge in [-0.25, -0.2) is 0 Å². The zero-order valence-electron chi connectivity index (χ0n) is 10.4. The van der Waals surface area contributed by atoms with Crippen molar-refractivity contribution in [2.45, 2.75) is 32.9 Å². The summed E-state index contributed by atoms with van der Waals surface area (Å²) in [5.74, 6) is -0.139. The Hall–Kier alpha value is -1.35. The number of carbonyl (C=O) groups is 1. The van der Waals surface area contributed by atoms with E-state index in [2.05, 4.69) is 19.2 Å². The van der Waals surface area contributed by atoms with Crippen LogP contribution in [0.1, 0.15) is 25.8 Å². The topological polar surface area (TPSA) is 38.3 Å². The fraction of sp³-hybridized carbons (Fsp3) is 0.500. The average Bonchev–Trinajstić information content (AvgIpc) is 2.68. The van der Waals surface area contributed by atoms with Crippen LogP contribution in [0.4, 0.5) is 0 Å². The lowest BCUT2D eigenvalue weighted by atomic mass is 9.91. The van der Waals surface area contributed by atoms with Gasteiger partial charge in [0.25, 0.3) is 0 Å². The predicted molar refractivity (Wildman–Crippen MR) is 66.4 cm³/mol. The molecule has 0 saturated carbocycles.